The number of amides is 1. The maximum Gasteiger partial charge on any atom is 0.263 e. The molecule has 2 heterocycles. The number of hydrogen-bond acceptors (Lipinski definition) is 7. The first-order valence-corrected chi connectivity index (χ1v) is 11.3. The first-order chi connectivity index (χ1) is 14.7. The van der Waals surface area contributed by atoms with Crippen molar-refractivity contribution in [3.8, 4) is 0 Å². The third-order valence-electron chi connectivity index (χ3n) is 4.90. The highest BCUT2D eigenvalue weighted by Crippen LogP contribution is 2.29. The van der Waals surface area contributed by atoms with E-state index < -0.39 is 15.7 Å². The molecule has 4 rings (SSSR count). The summed E-state index contributed by atoms with van der Waals surface area (Å²) >= 11 is 0. The van der Waals surface area contributed by atoms with Crippen molar-refractivity contribution >= 4 is 38.2 Å². The third kappa shape index (κ3) is 4.13. The molecule has 9 heteroatoms. The van der Waals surface area contributed by atoms with E-state index in [0.717, 1.165) is 17.2 Å². The summed E-state index contributed by atoms with van der Waals surface area (Å²) < 4.78 is 29.7. The van der Waals surface area contributed by atoms with E-state index in [1.54, 1.807) is 31.2 Å². The summed E-state index contributed by atoms with van der Waals surface area (Å²) in [4.78, 5) is 19.2. The quantitative estimate of drug-likeness (QED) is 0.509. The van der Waals surface area contributed by atoms with E-state index in [1.165, 1.54) is 17.2 Å². The lowest BCUT2D eigenvalue weighted by molar-refractivity contribution is 0.0983. The molecule has 0 aliphatic carbocycles. The number of sulfone groups is 1. The van der Waals surface area contributed by atoms with Crippen molar-refractivity contribution in [2.45, 2.75) is 18.4 Å². The summed E-state index contributed by atoms with van der Waals surface area (Å²) in [5.41, 5.74) is 8.19. The number of nitrogens with zero attached hydrogens (tertiary/aromatic N) is 3. The number of carbonyl (C=O) groups excluding carboxylic acids is 1. The van der Waals surface area contributed by atoms with Crippen molar-refractivity contribution in [2.75, 3.05) is 16.9 Å². The number of benzene rings is 2. The van der Waals surface area contributed by atoms with E-state index in [-0.39, 0.29) is 22.7 Å². The lowest BCUT2D eigenvalue weighted by Gasteiger charge is -2.25. The van der Waals surface area contributed by atoms with Gasteiger partial charge in [0.25, 0.3) is 5.91 Å². The van der Waals surface area contributed by atoms with Crippen LogP contribution in [0.25, 0.3) is 10.9 Å². The van der Waals surface area contributed by atoms with Gasteiger partial charge in [0.2, 0.25) is 0 Å². The molecular formula is C22H20N4O4S. The molecule has 2 aromatic carbocycles. The second-order valence-corrected chi connectivity index (χ2v) is 9.19. The number of rotatable bonds is 5. The Balaban J connectivity index is 1.84. The molecule has 4 aromatic rings. The Morgan fingerprint density at radius 3 is 2.58 bits per heavy atom. The van der Waals surface area contributed by atoms with Gasteiger partial charge in [-0.05, 0) is 42.8 Å². The van der Waals surface area contributed by atoms with Gasteiger partial charge < -0.3 is 15.2 Å². The number of carbonyl (C=O) groups is 1. The molecule has 31 heavy (non-hydrogen) atoms. The molecule has 0 unspecified atom stereocenters. The fourth-order valence-corrected chi connectivity index (χ4v) is 4.25. The van der Waals surface area contributed by atoms with Gasteiger partial charge in [-0.2, -0.15) is 0 Å². The fourth-order valence-electron chi connectivity index (χ4n) is 3.36. The van der Waals surface area contributed by atoms with Crippen molar-refractivity contribution in [2.24, 2.45) is 0 Å². The van der Waals surface area contributed by atoms with Crippen molar-refractivity contribution in [1.82, 2.24) is 10.1 Å². The summed E-state index contributed by atoms with van der Waals surface area (Å²) in [6, 6.07) is 15.6. The number of anilines is 2. The van der Waals surface area contributed by atoms with Crippen LogP contribution < -0.4 is 10.6 Å². The number of pyridine rings is 1. The Bertz CT molecular complexity index is 1400. The summed E-state index contributed by atoms with van der Waals surface area (Å²) in [6.07, 6.45) is 2.37. The van der Waals surface area contributed by atoms with Crippen LogP contribution in [-0.2, 0) is 16.4 Å². The lowest BCUT2D eigenvalue weighted by Crippen LogP contribution is -2.32. The van der Waals surface area contributed by atoms with E-state index >= 15 is 0 Å². The first-order valence-electron chi connectivity index (χ1n) is 9.41. The van der Waals surface area contributed by atoms with Gasteiger partial charge in [-0.3, -0.25) is 4.79 Å². The normalized spacial score (nSPS) is 11.5. The van der Waals surface area contributed by atoms with Crippen LogP contribution in [0.15, 0.2) is 70.3 Å². The minimum Gasteiger partial charge on any atom is -0.384 e. The highest BCUT2D eigenvalue weighted by molar-refractivity contribution is 7.90. The molecule has 8 nitrogen and oxygen atoms in total. The summed E-state index contributed by atoms with van der Waals surface area (Å²) in [5.74, 6) is -0.0319. The molecule has 2 N–H and O–H groups in total. The van der Waals surface area contributed by atoms with Gasteiger partial charge in [0.1, 0.15) is 17.6 Å². The Hall–Kier alpha value is -3.72. The van der Waals surface area contributed by atoms with E-state index in [1.807, 2.05) is 24.3 Å². The molecule has 0 saturated carbocycles. The number of nitrogen functional groups attached to an aromatic ring is 1. The van der Waals surface area contributed by atoms with Crippen molar-refractivity contribution in [3.63, 3.8) is 0 Å². The number of hydrogen-bond donors (Lipinski definition) is 1. The molecule has 1 amide bonds. The van der Waals surface area contributed by atoms with Gasteiger partial charge in [0.15, 0.2) is 9.84 Å². The SMILES string of the molecule is Cc1nocc1C(=O)N(Cc1ccc2ccc(N)nc2c1)c1ccccc1S(C)(=O)=O. The van der Waals surface area contributed by atoms with Crippen molar-refractivity contribution in [1.29, 1.82) is 0 Å². The number of aromatic nitrogens is 2. The highest BCUT2D eigenvalue weighted by atomic mass is 32.2. The van der Waals surface area contributed by atoms with Crippen LogP contribution in [0.1, 0.15) is 21.6 Å². The van der Waals surface area contributed by atoms with Crippen LogP contribution in [0.2, 0.25) is 0 Å². The van der Waals surface area contributed by atoms with Crippen LogP contribution in [0, 0.1) is 6.92 Å². The standard InChI is InChI=1S/C22H20N4O4S/c1-14-17(13-30-25-14)22(27)26(19-5-3-4-6-20(19)31(2,28)29)12-15-7-8-16-9-10-21(23)24-18(16)11-15/h3-11,13H,12H2,1-2H3,(H2,23,24). The van der Waals surface area contributed by atoms with Crippen LogP contribution in [0.4, 0.5) is 11.5 Å². The molecule has 2 aromatic heterocycles. The predicted molar refractivity (Wildman–Crippen MR) is 117 cm³/mol. The van der Waals surface area contributed by atoms with Crippen LogP contribution in [0.3, 0.4) is 0 Å². The topological polar surface area (TPSA) is 119 Å². The molecule has 0 saturated heterocycles. The van der Waals surface area contributed by atoms with Crippen LogP contribution >= 0.6 is 0 Å². The fraction of sp³-hybridized carbons (Fsp3) is 0.136. The number of aryl methyl sites for hydroxylation is 1. The van der Waals surface area contributed by atoms with Gasteiger partial charge in [0.05, 0.1) is 28.3 Å². The Morgan fingerprint density at radius 1 is 1.13 bits per heavy atom. The zero-order valence-electron chi connectivity index (χ0n) is 16.9. The van der Waals surface area contributed by atoms with E-state index in [4.69, 9.17) is 10.3 Å². The lowest BCUT2D eigenvalue weighted by atomic mass is 10.1. The highest BCUT2D eigenvalue weighted by Gasteiger charge is 2.26. The molecule has 158 valence electrons. The number of para-hydroxylation sites is 1. The third-order valence-corrected chi connectivity index (χ3v) is 6.04. The van der Waals surface area contributed by atoms with Gasteiger partial charge in [0, 0.05) is 11.6 Å². The van der Waals surface area contributed by atoms with Gasteiger partial charge in [-0.25, -0.2) is 13.4 Å². The van der Waals surface area contributed by atoms with E-state index in [0.29, 0.717) is 17.0 Å². The molecule has 0 fully saturated rings. The summed E-state index contributed by atoms with van der Waals surface area (Å²) in [7, 11) is -3.59. The number of fused-ring (bicyclic) bond motifs is 1. The maximum absolute atomic E-state index is 13.4. The molecule has 0 bridgehead atoms. The Labute approximate surface area is 179 Å². The summed E-state index contributed by atoms with van der Waals surface area (Å²) in [5, 5.41) is 4.68. The Kier molecular flexibility index (Phi) is 5.20. The average molecular weight is 436 g/mol. The molecule has 0 atom stereocenters. The average Bonchev–Trinajstić information content (AvgIpc) is 3.16. The second kappa shape index (κ2) is 7.84. The van der Waals surface area contributed by atoms with E-state index in [9.17, 15) is 13.2 Å². The molecule has 0 spiro atoms. The second-order valence-electron chi connectivity index (χ2n) is 7.21. The van der Waals surface area contributed by atoms with Gasteiger partial charge >= 0.3 is 0 Å². The minimum atomic E-state index is -3.59. The van der Waals surface area contributed by atoms with Crippen molar-refractivity contribution in [3.05, 3.63) is 77.7 Å². The molecule has 0 radical (unpaired) electrons. The minimum absolute atomic E-state index is 0.0561. The maximum atomic E-state index is 13.4. The largest absolute Gasteiger partial charge is 0.384 e. The van der Waals surface area contributed by atoms with Gasteiger partial charge in [-0.1, -0.05) is 29.4 Å². The first kappa shape index (κ1) is 20.5. The predicted octanol–water partition coefficient (Wildman–Crippen LogP) is 3.36. The smallest absolute Gasteiger partial charge is 0.263 e. The number of nitrogens with two attached hydrogens (primary N) is 1. The summed E-state index contributed by atoms with van der Waals surface area (Å²) in [6.45, 7) is 1.77. The monoisotopic (exact) mass is 436 g/mol. The zero-order chi connectivity index (χ0) is 22.2. The molecule has 0 aliphatic rings. The molecular weight excluding hydrogens is 416 g/mol. The van der Waals surface area contributed by atoms with Crippen LogP contribution in [-0.4, -0.2) is 30.7 Å². The zero-order valence-corrected chi connectivity index (χ0v) is 17.8. The Morgan fingerprint density at radius 2 is 1.87 bits per heavy atom. The van der Waals surface area contributed by atoms with Gasteiger partial charge in [-0.15, -0.1) is 0 Å². The van der Waals surface area contributed by atoms with E-state index in [2.05, 4.69) is 10.1 Å². The van der Waals surface area contributed by atoms with Crippen molar-refractivity contribution < 1.29 is 17.7 Å². The van der Waals surface area contributed by atoms with Crippen LogP contribution in [0.5, 0.6) is 0 Å². The molecule has 0 aliphatic heterocycles.